The van der Waals surface area contributed by atoms with Crippen molar-refractivity contribution in [3.63, 3.8) is 0 Å². The van der Waals surface area contributed by atoms with Gasteiger partial charge in [-0.15, -0.1) is 17.5 Å². The van der Waals surface area contributed by atoms with Crippen LogP contribution in [0.15, 0.2) is 34.5 Å². The molecule has 1 aromatic carbocycles. The van der Waals surface area contributed by atoms with Crippen molar-refractivity contribution in [2.45, 2.75) is 27.2 Å². The van der Waals surface area contributed by atoms with Crippen LogP contribution >= 0.6 is 24.6 Å². The topological polar surface area (TPSA) is 80.0 Å². The fourth-order valence-corrected chi connectivity index (χ4v) is 1.52. The summed E-state index contributed by atoms with van der Waals surface area (Å²) in [4.78, 5) is 1.49. The molecule has 0 aliphatic rings. The van der Waals surface area contributed by atoms with Crippen LogP contribution in [-0.4, -0.2) is 16.8 Å². The number of nitrogens with two attached hydrogens (primary N) is 2. The van der Waals surface area contributed by atoms with Gasteiger partial charge in [0, 0.05) is 5.71 Å². The highest BCUT2D eigenvalue weighted by molar-refractivity contribution is 7.80. The normalized spacial score (nSPS) is 11.8. The van der Waals surface area contributed by atoms with Crippen LogP contribution in [0.5, 0.6) is 0 Å². The molecule has 1 rings (SSSR count). The van der Waals surface area contributed by atoms with Crippen LogP contribution < -0.4 is 16.4 Å². The lowest BCUT2D eigenvalue weighted by atomic mass is 10.2. The molecule has 20 heavy (non-hydrogen) atoms. The SMILES string of the molecule is CC/C(C)=N/N=C(\N)N(C(N)=S)c1ccc(C)cc1.Cl. The molecule has 0 bridgehead atoms. The van der Waals surface area contributed by atoms with Gasteiger partial charge in [0.25, 0.3) is 0 Å². The Morgan fingerprint density at radius 3 is 2.20 bits per heavy atom. The zero-order valence-corrected chi connectivity index (χ0v) is 13.5. The van der Waals surface area contributed by atoms with E-state index in [-0.39, 0.29) is 23.5 Å². The molecule has 0 saturated carbocycles. The molecule has 0 aliphatic carbocycles. The third-order valence-corrected chi connectivity index (χ3v) is 2.76. The third-order valence-electron chi connectivity index (χ3n) is 2.58. The number of rotatable bonds is 3. The second-order valence-corrected chi connectivity index (χ2v) is 4.57. The van der Waals surface area contributed by atoms with Crippen molar-refractivity contribution in [2.75, 3.05) is 4.90 Å². The number of hydrogen-bond donors (Lipinski definition) is 2. The lowest BCUT2D eigenvalue weighted by Gasteiger charge is -2.20. The lowest BCUT2D eigenvalue weighted by molar-refractivity contribution is 1.13. The van der Waals surface area contributed by atoms with E-state index >= 15 is 0 Å². The lowest BCUT2D eigenvalue weighted by Crippen LogP contribution is -2.45. The highest BCUT2D eigenvalue weighted by Gasteiger charge is 2.13. The van der Waals surface area contributed by atoms with Gasteiger partial charge >= 0.3 is 0 Å². The highest BCUT2D eigenvalue weighted by atomic mass is 35.5. The predicted molar refractivity (Wildman–Crippen MR) is 92.7 cm³/mol. The van der Waals surface area contributed by atoms with Gasteiger partial charge in [-0.2, -0.15) is 5.10 Å². The van der Waals surface area contributed by atoms with Gasteiger partial charge in [0.05, 0.1) is 5.69 Å². The first-order valence-corrected chi connectivity index (χ1v) is 6.39. The zero-order valence-electron chi connectivity index (χ0n) is 11.8. The molecule has 0 aliphatic heterocycles. The Kier molecular flexibility index (Phi) is 7.79. The van der Waals surface area contributed by atoms with Gasteiger partial charge < -0.3 is 11.5 Å². The van der Waals surface area contributed by atoms with Gasteiger partial charge in [-0.1, -0.05) is 24.6 Å². The van der Waals surface area contributed by atoms with Crippen LogP contribution in [0.2, 0.25) is 0 Å². The van der Waals surface area contributed by atoms with Crippen molar-refractivity contribution in [1.82, 2.24) is 0 Å². The number of benzene rings is 1. The summed E-state index contributed by atoms with van der Waals surface area (Å²) < 4.78 is 0. The minimum atomic E-state index is 0. The molecule has 0 atom stereocenters. The zero-order chi connectivity index (χ0) is 14.4. The smallest absolute Gasteiger partial charge is 0.227 e. The summed E-state index contributed by atoms with van der Waals surface area (Å²) in [6, 6.07) is 7.67. The Bertz CT molecular complexity index is 510. The largest absolute Gasteiger partial charge is 0.376 e. The number of aryl methyl sites for hydroxylation is 1. The first-order valence-electron chi connectivity index (χ1n) is 5.98. The van der Waals surface area contributed by atoms with Crippen molar-refractivity contribution in [3.05, 3.63) is 29.8 Å². The minimum absolute atomic E-state index is 0. The molecule has 4 N–H and O–H groups in total. The summed E-state index contributed by atoms with van der Waals surface area (Å²) in [6.45, 7) is 5.88. The molecule has 110 valence electrons. The van der Waals surface area contributed by atoms with E-state index < -0.39 is 0 Å². The summed E-state index contributed by atoms with van der Waals surface area (Å²) in [5.41, 5.74) is 14.4. The van der Waals surface area contributed by atoms with Gasteiger partial charge in [0.2, 0.25) is 5.96 Å². The van der Waals surface area contributed by atoms with Crippen LogP contribution in [-0.2, 0) is 0 Å². The van der Waals surface area contributed by atoms with E-state index in [4.69, 9.17) is 23.7 Å². The van der Waals surface area contributed by atoms with Crippen molar-refractivity contribution < 1.29 is 0 Å². The van der Waals surface area contributed by atoms with Crippen molar-refractivity contribution in [1.29, 1.82) is 0 Å². The van der Waals surface area contributed by atoms with Crippen molar-refractivity contribution in [3.8, 4) is 0 Å². The summed E-state index contributed by atoms with van der Waals surface area (Å²) in [6.07, 6.45) is 0.814. The van der Waals surface area contributed by atoms with Gasteiger partial charge in [-0.3, -0.25) is 4.90 Å². The molecule has 0 saturated heterocycles. The van der Waals surface area contributed by atoms with Gasteiger partial charge in [-0.05, 0) is 44.6 Å². The number of thiocarbonyl (C=S) groups is 1. The molecule has 0 aromatic heterocycles. The van der Waals surface area contributed by atoms with Gasteiger partial charge in [-0.25, -0.2) is 0 Å². The molecular formula is C13H20ClN5S. The summed E-state index contributed by atoms with van der Waals surface area (Å²) in [5, 5.41) is 8.10. The van der Waals surface area contributed by atoms with E-state index in [0.29, 0.717) is 0 Å². The molecule has 0 fully saturated rings. The molecule has 1 aromatic rings. The first-order chi connectivity index (χ1) is 8.95. The summed E-state index contributed by atoms with van der Waals surface area (Å²) in [5.74, 6) is 0.157. The number of halogens is 1. The third kappa shape index (κ3) is 5.14. The summed E-state index contributed by atoms with van der Waals surface area (Å²) >= 11 is 5.01. The van der Waals surface area contributed by atoms with E-state index in [1.807, 2.05) is 45.0 Å². The van der Waals surface area contributed by atoms with E-state index in [0.717, 1.165) is 23.4 Å². The van der Waals surface area contributed by atoms with Crippen molar-refractivity contribution >= 4 is 47.1 Å². The highest BCUT2D eigenvalue weighted by Crippen LogP contribution is 2.14. The van der Waals surface area contributed by atoms with E-state index in [2.05, 4.69) is 10.2 Å². The van der Waals surface area contributed by atoms with E-state index in [1.165, 1.54) is 4.90 Å². The molecule has 0 amide bonds. The number of hydrogen-bond acceptors (Lipinski definition) is 3. The number of nitrogens with zero attached hydrogens (tertiary/aromatic N) is 3. The van der Waals surface area contributed by atoms with Crippen LogP contribution in [0, 0.1) is 6.92 Å². The Morgan fingerprint density at radius 1 is 1.20 bits per heavy atom. The standard InChI is InChI=1S/C13H19N5S.ClH/c1-4-10(3)16-17-12(14)18(13(15)19)11-7-5-9(2)6-8-11;/h5-8H,4H2,1-3H3,(H2,14,17)(H2,15,19);1H/b16-10+;. The number of guanidine groups is 1. The molecule has 0 spiro atoms. The monoisotopic (exact) mass is 313 g/mol. The second kappa shape index (κ2) is 8.50. The van der Waals surface area contributed by atoms with Crippen LogP contribution in [0.3, 0.4) is 0 Å². The molecular weight excluding hydrogens is 294 g/mol. The molecule has 5 nitrogen and oxygen atoms in total. The van der Waals surface area contributed by atoms with Gasteiger partial charge in [0.15, 0.2) is 5.11 Å². The first kappa shape index (κ1) is 18.3. The van der Waals surface area contributed by atoms with Crippen LogP contribution in [0.4, 0.5) is 5.69 Å². The van der Waals surface area contributed by atoms with Gasteiger partial charge in [0.1, 0.15) is 0 Å². The maximum atomic E-state index is 5.89. The van der Waals surface area contributed by atoms with E-state index in [1.54, 1.807) is 0 Å². The molecule has 0 heterocycles. The quantitative estimate of drug-likeness (QED) is 0.389. The maximum absolute atomic E-state index is 5.89. The Morgan fingerprint density at radius 2 is 1.75 bits per heavy atom. The molecule has 0 radical (unpaired) electrons. The van der Waals surface area contributed by atoms with Crippen LogP contribution in [0.25, 0.3) is 0 Å². The summed E-state index contributed by atoms with van der Waals surface area (Å²) in [7, 11) is 0. The molecule has 0 unspecified atom stereocenters. The Balaban J connectivity index is 0.00000361. The number of anilines is 1. The fourth-order valence-electron chi connectivity index (χ4n) is 1.32. The fraction of sp³-hybridized carbons (Fsp3) is 0.308. The Hall–Kier alpha value is -1.66. The maximum Gasteiger partial charge on any atom is 0.227 e. The molecule has 7 heteroatoms. The minimum Gasteiger partial charge on any atom is -0.376 e. The van der Waals surface area contributed by atoms with Crippen LogP contribution in [0.1, 0.15) is 25.8 Å². The van der Waals surface area contributed by atoms with E-state index in [9.17, 15) is 0 Å². The van der Waals surface area contributed by atoms with Crippen molar-refractivity contribution in [2.24, 2.45) is 21.7 Å². The Labute approximate surface area is 131 Å². The predicted octanol–water partition coefficient (Wildman–Crippen LogP) is 2.57. The average Bonchev–Trinajstić information content (AvgIpc) is 2.38. The average molecular weight is 314 g/mol. The second-order valence-electron chi connectivity index (χ2n) is 4.16.